The Morgan fingerprint density at radius 3 is 2.29 bits per heavy atom. The average Bonchev–Trinajstić information content (AvgIpc) is 2.37. The zero-order valence-electron chi connectivity index (χ0n) is 12.3. The van der Waals surface area contributed by atoms with Crippen molar-refractivity contribution in [3.05, 3.63) is 23.3 Å². The van der Waals surface area contributed by atoms with Gasteiger partial charge in [0, 0.05) is 18.9 Å². The summed E-state index contributed by atoms with van der Waals surface area (Å²) in [5.41, 5.74) is 6.62. The van der Waals surface area contributed by atoms with Gasteiger partial charge in [-0.1, -0.05) is 0 Å². The molecule has 1 aliphatic rings. The van der Waals surface area contributed by atoms with Crippen molar-refractivity contribution >= 4 is 15.7 Å². The van der Waals surface area contributed by atoms with E-state index in [4.69, 9.17) is 10.5 Å². The van der Waals surface area contributed by atoms with E-state index in [1.165, 1.54) is 0 Å². The molecule has 1 aliphatic heterocycles. The van der Waals surface area contributed by atoms with Gasteiger partial charge in [-0.15, -0.1) is 0 Å². The molecule has 118 valence electrons. The Morgan fingerprint density at radius 1 is 1.29 bits per heavy atom. The number of hydrogen-bond acceptors (Lipinski definition) is 5. The van der Waals surface area contributed by atoms with Crippen LogP contribution in [0.2, 0.25) is 0 Å². The van der Waals surface area contributed by atoms with Crippen molar-refractivity contribution in [1.82, 2.24) is 4.72 Å². The molecule has 0 amide bonds. The first-order chi connectivity index (χ1) is 9.80. The summed E-state index contributed by atoms with van der Waals surface area (Å²) in [4.78, 5) is 0.232. The molecule has 0 unspecified atom stereocenters. The zero-order valence-corrected chi connectivity index (χ0v) is 13.2. The van der Waals surface area contributed by atoms with Crippen molar-refractivity contribution < 1.29 is 18.3 Å². The fraction of sp³-hybridized carbons (Fsp3) is 0.571. The second kappa shape index (κ2) is 5.92. The van der Waals surface area contributed by atoms with Gasteiger partial charge in [0.2, 0.25) is 10.0 Å². The molecule has 0 radical (unpaired) electrons. The first kappa shape index (κ1) is 16.2. The monoisotopic (exact) mass is 314 g/mol. The Kier molecular flexibility index (Phi) is 4.57. The van der Waals surface area contributed by atoms with Gasteiger partial charge in [-0.05, 0) is 49.9 Å². The van der Waals surface area contributed by atoms with Gasteiger partial charge in [0.25, 0.3) is 0 Å². The lowest BCUT2D eigenvalue weighted by Gasteiger charge is -2.36. The number of hydrogen-bond donors (Lipinski definition) is 3. The van der Waals surface area contributed by atoms with Crippen LogP contribution in [0.4, 0.5) is 5.69 Å². The molecule has 6 nitrogen and oxygen atoms in total. The van der Waals surface area contributed by atoms with Crippen LogP contribution >= 0.6 is 0 Å². The number of nitrogens with one attached hydrogen (secondary N) is 1. The Bertz CT molecular complexity index is 599. The molecule has 1 aromatic rings. The van der Waals surface area contributed by atoms with E-state index in [1.807, 2.05) is 0 Å². The van der Waals surface area contributed by atoms with Gasteiger partial charge in [-0.2, -0.15) is 0 Å². The van der Waals surface area contributed by atoms with Crippen LogP contribution in [0.5, 0.6) is 0 Å². The summed E-state index contributed by atoms with van der Waals surface area (Å²) < 4.78 is 33.4. The van der Waals surface area contributed by atoms with E-state index in [2.05, 4.69) is 4.72 Å². The molecule has 0 atom stereocenters. The van der Waals surface area contributed by atoms with E-state index in [0.717, 1.165) is 0 Å². The van der Waals surface area contributed by atoms with E-state index in [0.29, 0.717) is 42.9 Å². The SMILES string of the molecule is Cc1cc(N)cc(C)c1S(=O)(=O)NC1(CO)CCOCC1. The predicted molar refractivity (Wildman–Crippen MR) is 80.5 cm³/mol. The number of anilines is 1. The van der Waals surface area contributed by atoms with Gasteiger partial charge in [0.05, 0.1) is 17.0 Å². The summed E-state index contributed by atoms with van der Waals surface area (Å²) >= 11 is 0. The third-order valence-corrected chi connectivity index (χ3v) is 5.74. The average molecular weight is 314 g/mol. The van der Waals surface area contributed by atoms with Crippen LogP contribution in [0, 0.1) is 13.8 Å². The van der Waals surface area contributed by atoms with Crippen molar-refractivity contribution in [2.45, 2.75) is 37.1 Å². The minimum atomic E-state index is -3.73. The Labute approximate surface area is 125 Å². The summed E-state index contributed by atoms with van der Waals surface area (Å²) in [7, 11) is -3.73. The van der Waals surface area contributed by atoms with Crippen molar-refractivity contribution in [1.29, 1.82) is 0 Å². The van der Waals surface area contributed by atoms with Crippen LogP contribution in [0.25, 0.3) is 0 Å². The molecule has 21 heavy (non-hydrogen) atoms. The predicted octanol–water partition coefficient (Wildman–Crippen LogP) is 0.705. The van der Waals surface area contributed by atoms with Crippen molar-refractivity contribution in [3.63, 3.8) is 0 Å². The van der Waals surface area contributed by atoms with Gasteiger partial charge in [-0.25, -0.2) is 13.1 Å². The number of aliphatic hydroxyl groups is 1. The van der Waals surface area contributed by atoms with E-state index in [-0.39, 0.29) is 11.5 Å². The molecule has 1 aromatic carbocycles. The van der Waals surface area contributed by atoms with Crippen LogP contribution in [0.1, 0.15) is 24.0 Å². The highest BCUT2D eigenvalue weighted by atomic mass is 32.2. The van der Waals surface area contributed by atoms with E-state index in [1.54, 1.807) is 26.0 Å². The summed E-state index contributed by atoms with van der Waals surface area (Å²) in [5.74, 6) is 0. The second-order valence-electron chi connectivity index (χ2n) is 5.64. The molecular weight excluding hydrogens is 292 g/mol. The maximum atomic E-state index is 12.7. The number of ether oxygens (including phenoxy) is 1. The summed E-state index contributed by atoms with van der Waals surface area (Å²) in [5, 5.41) is 9.63. The van der Waals surface area contributed by atoms with E-state index < -0.39 is 15.6 Å². The Morgan fingerprint density at radius 2 is 1.81 bits per heavy atom. The van der Waals surface area contributed by atoms with Crippen LogP contribution in [-0.4, -0.2) is 38.9 Å². The van der Waals surface area contributed by atoms with Crippen LogP contribution in [-0.2, 0) is 14.8 Å². The first-order valence-electron chi connectivity index (χ1n) is 6.89. The Hall–Kier alpha value is -1.15. The first-order valence-corrected chi connectivity index (χ1v) is 8.37. The molecule has 1 fully saturated rings. The number of sulfonamides is 1. The molecule has 0 aliphatic carbocycles. The molecule has 1 saturated heterocycles. The fourth-order valence-corrected chi connectivity index (χ4v) is 4.70. The lowest BCUT2D eigenvalue weighted by molar-refractivity contribution is 0.0223. The fourth-order valence-electron chi connectivity index (χ4n) is 2.80. The topological polar surface area (TPSA) is 102 Å². The molecule has 0 bridgehead atoms. The number of aryl methyl sites for hydroxylation is 2. The number of aliphatic hydroxyl groups excluding tert-OH is 1. The molecule has 2 rings (SSSR count). The smallest absolute Gasteiger partial charge is 0.241 e. The maximum Gasteiger partial charge on any atom is 0.241 e. The molecule has 1 heterocycles. The molecule has 7 heteroatoms. The third kappa shape index (κ3) is 3.37. The molecule has 0 saturated carbocycles. The second-order valence-corrected chi connectivity index (χ2v) is 7.26. The van der Waals surface area contributed by atoms with Gasteiger partial charge >= 0.3 is 0 Å². The molecule has 4 N–H and O–H groups in total. The summed E-state index contributed by atoms with van der Waals surface area (Å²) in [6, 6.07) is 3.27. The third-order valence-electron chi connectivity index (χ3n) is 3.85. The minimum Gasteiger partial charge on any atom is -0.399 e. The molecular formula is C14H22N2O4S. The minimum absolute atomic E-state index is 0.232. The number of nitrogens with two attached hydrogens (primary N) is 1. The summed E-state index contributed by atoms with van der Waals surface area (Å²) in [6.45, 7) is 4.05. The highest BCUT2D eigenvalue weighted by Crippen LogP contribution is 2.27. The van der Waals surface area contributed by atoms with Crippen molar-refractivity contribution in [2.24, 2.45) is 0 Å². The van der Waals surface area contributed by atoms with Crippen molar-refractivity contribution in [2.75, 3.05) is 25.6 Å². The summed E-state index contributed by atoms with van der Waals surface area (Å²) in [6.07, 6.45) is 0.908. The van der Waals surface area contributed by atoms with Crippen LogP contribution < -0.4 is 10.5 Å². The van der Waals surface area contributed by atoms with Crippen molar-refractivity contribution in [3.8, 4) is 0 Å². The largest absolute Gasteiger partial charge is 0.399 e. The number of benzene rings is 1. The zero-order chi connectivity index (χ0) is 15.7. The highest BCUT2D eigenvalue weighted by molar-refractivity contribution is 7.89. The van der Waals surface area contributed by atoms with E-state index in [9.17, 15) is 13.5 Å². The lowest BCUT2D eigenvalue weighted by Crippen LogP contribution is -2.54. The normalized spacial score (nSPS) is 18.6. The van der Waals surface area contributed by atoms with Crippen LogP contribution in [0.15, 0.2) is 17.0 Å². The molecule has 0 spiro atoms. The highest BCUT2D eigenvalue weighted by Gasteiger charge is 2.37. The molecule has 0 aromatic heterocycles. The number of rotatable bonds is 4. The van der Waals surface area contributed by atoms with E-state index >= 15 is 0 Å². The van der Waals surface area contributed by atoms with Gasteiger partial charge in [0.15, 0.2) is 0 Å². The van der Waals surface area contributed by atoms with Gasteiger partial charge < -0.3 is 15.6 Å². The van der Waals surface area contributed by atoms with Gasteiger partial charge in [0.1, 0.15) is 0 Å². The maximum absolute atomic E-state index is 12.7. The quantitative estimate of drug-likeness (QED) is 0.710. The van der Waals surface area contributed by atoms with Gasteiger partial charge in [-0.3, -0.25) is 0 Å². The Balaban J connectivity index is 2.38. The lowest BCUT2D eigenvalue weighted by atomic mass is 9.93. The van der Waals surface area contributed by atoms with Crippen LogP contribution in [0.3, 0.4) is 0 Å². The standard InChI is InChI=1S/C14H22N2O4S/c1-10-7-12(15)8-11(2)13(10)21(18,19)16-14(9-17)3-5-20-6-4-14/h7-8,16-17H,3-6,9,15H2,1-2H3. The number of nitrogen functional groups attached to an aromatic ring is 1.